The van der Waals surface area contributed by atoms with Crippen LogP contribution in [0.15, 0.2) is 42.7 Å². The van der Waals surface area contributed by atoms with Crippen LogP contribution in [-0.4, -0.2) is 57.3 Å². The van der Waals surface area contributed by atoms with E-state index in [9.17, 15) is 9.59 Å². The molecule has 2 amide bonds. The fourth-order valence-corrected chi connectivity index (χ4v) is 3.39. The van der Waals surface area contributed by atoms with Gasteiger partial charge in [-0.3, -0.25) is 14.5 Å². The van der Waals surface area contributed by atoms with Crippen molar-refractivity contribution in [3.8, 4) is 0 Å². The summed E-state index contributed by atoms with van der Waals surface area (Å²) < 4.78 is 2.01. The molecule has 1 aromatic carbocycles. The van der Waals surface area contributed by atoms with E-state index in [0.29, 0.717) is 19.6 Å². The Kier molecular flexibility index (Phi) is 6.24. The summed E-state index contributed by atoms with van der Waals surface area (Å²) in [7, 11) is 1.76. The van der Waals surface area contributed by atoms with Crippen molar-refractivity contribution in [1.82, 2.24) is 24.7 Å². The molecule has 2 heterocycles. The highest BCUT2D eigenvalue weighted by Crippen LogP contribution is 2.15. The highest BCUT2D eigenvalue weighted by Gasteiger charge is 2.32. The number of aryl methyl sites for hydroxylation is 1. The number of nitrogens with zero attached hydrogens (tertiary/aromatic N) is 4. The van der Waals surface area contributed by atoms with Gasteiger partial charge in [-0.05, 0) is 12.5 Å². The lowest BCUT2D eigenvalue weighted by Crippen LogP contribution is -2.56. The van der Waals surface area contributed by atoms with Gasteiger partial charge in [-0.15, -0.1) is 0 Å². The lowest BCUT2D eigenvalue weighted by molar-refractivity contribution is -0.138. The maximum Gasteiger partial charge on any atom is 0.237 e. The Morgan fingerprint density at radius 3 is 2.85 bits per heavy atom. The second-order valence-corrected chi connectivity index (χ2v) is 6.85. The standard InChI is InChI=1S/C20H27N5O2/c1-3-24-11-9-21-18(24)15-23(2)19(26)13-17-20(27)22-10-12-25(17)14-16-7-5-4-6-8-16/h4-9,11,17H,3,10,12-15H2,1-2H3,(H,22,27). The zero-order valence-electron chi connectivity index (χ0n) is 16.0. The second kappa shape index (κ2) is 8.81. The molecule has 1 N–H and O–H groups in total. The quantitative estimate of drug-likeness (QED) is 0.798. The number of rotatable bonds is 7. The number of hydrogen-bond acceptors (Lipinski definition) is 4. The van der Waals surface area contributed by atoms with Crippen LogP contribution >= 0.6 is 0 Å². The van der Waals surface area contributed by atoms with Crippen molar-refractivity contribution in [1.29, 1.82) is 0 Å². The average molecular weight is 369 g/mol. The number of carbonyl (C=O) groups excluding carboxylic acids is 2. The van der Waals surface area contributed by atoms with Crippen molar-refractivity contribution in [3.05, 3.63) is 54.1 Å². The fraction of sp³-hybridized carbons (Fsp3) is 0.450. The molecule has 1 saturated heterocycles. The van der Waals surface area contributed by atoms with E-state index >= 15 is 0 Å². The van der Waals surface area contributed by atoms with E-state index in [-0.39, 0.29) is 18.2 Å². The molecule has 1 aliphatic rings. The second-order valence-electron chi connectivity index (χ2n) is 6.85. The van der Waals surface area contributed by atoms with Crippen molar-refractivity contribution in [2.45, 2.75) is 39.0 Å². The molecule has 7 nitrogen and oxygen atoms in total. The van der Waals surface area contributed by atoms with Gasteiger partial charge in [0.15, 0.2) is 0 Å². The van der Waals surface area contributed by atoms with E-state index < -0.39 is 6.04 Å². The maximum atomic E-state index is 12.8. The third kappa shape index (κ3) is 4.74. The van der Waals surface area contributed by atoms with Crippen LogP contribution in [0, 0.1) is 0 Å². The molecule has 2 aromatic rings. The van der Waals surface area contributed by atoms with Gasteiger partial charge in [0.1, 0.15) is 5.82 Å². The summed E-state index contributed by atoms with van der Waals surface area (Å²) in [5.41, 5.74) is 1.14. The van der Waals surface area contributed by atoms with E-state index in [4.69, 9.17) is 0 Å². The topological polar surface area (TPSA) is 70.5 Å². The summed E-state index contributed by atoms with van der Waals surface area (Å²) in [5, 5.41) is 2.89. The van der Waals surface area contributed by atoms with E-state index in [1.54, 1.807) is 18.1 Å². The van der Waals surface area contributed by atoms with Crippen LogP contribution in [0.1, 0.15) is 24.7 Å². The largest absolute Gasteiger partial charge is 0.353 e. The van der Waals surface area contributed by atoms with Gasteiger partial charge in [0.2, 0.25) is 11.8 Å². The van der Waals surface area contributed by atoms with Gasteiger partial charge in [-0.1, -0.05) is 30.3 Å². The molecule has 0 spiro atoms. The molecule has 0 saturated carbocycles. The zero-order chi connectivity index (χ0) is 19.2. The normalized spacial score (nSPS) is 17.6. The third-order valence-corrected chi connectivity index (χ3v) is 4.98. The van der Waals surface area contributed by atoms with Crippen molar-refractivity contribution < 1.29 is 9.59 Å². The molecular weight excluding hydrogens is 342 g/mol. The summed E-state index contributed by atoms with van der Waals surface area (Å²) in [4.78, 5) is 33.3. The predicted octanol–water partition coefficient (Wildman–Crippen LogP) is 1.25. The first kappa shape index (κ1) is 19.1. The Hall–Kier alpha value is -2.67. The molecular formula is C20H27N5O2. The van der Waals surface area contributed by atoms with Gasteiger partial charge in [0.05, 0.1) is 19.0 Å². The minimum absolute atomic E-state index is 0.0548. The number of piperazine rings is 1. The third-order valence-electron chi connectivity index (χ3n) is 4.98. The van der Waals surface area contributed by atoms with Crippen molar-refractivity contribution in [2.75, 3.05) is 20.1 Å². The van der Waals surface area contributed by atoms with Gasteiger partial charge in [0.25, 0.3) is 0 Å². The highest BCUT2D eigenvalue weighted by atomic mass is 16.2. The number of benzene rings is 1. The molecule has 1 aromatic heterocycles. The van der Waals surface area contributed by atoms with Gasteiger partial charge >= 0.3 is 0 Å². The van der Waals surface area contributed by atoms with E-state index in [2.05, 4.69) is 15.2 Å². The molecule has 7 heteroatoms. The molecule has 0 aliphatic carbocycles. The van der Waals surface area contributed by atoms with Gasteiger partial charge in [-0.25, -0.2) is 4.98 Å². The fourth-order valence-electron chi connectivity index (χ4n) is 3.39. The Labute approximate surface area is 160 Å². The van der Waals surface area contributed by atoms with Crippen LogP contribution < -0.4 is 5.32 Å². The smallest absolute Gasteiger partial charge is 0.237 e. The van der Waals surface area contributed by atoms with Crippen LogP contribution in [0.25, 0.3) is 0 Å². The average Bonchev–Trinajstić information content (AvgIpc) is 3.12. The summed E-state index contributed by atoms with van der Waals surface area (Å²) in [5.74, 6) is 0.720. The first-order chi connectivity index (χ1) is 13.1. The summed E-state index contributed by atoms with van der Waals surface area (Å²) in [6, 6.07) is 9.60. The lowest BCUT2D eigenvalue weighted by Gasteiger charge is -2.35. The summed E-state index contributed by atoms with van der Waals surface area (Å²) >= 11 is 0. The molecule has 144 valence electrons. The monoisotopic (exact) mass is 369 g/mol. The molecule has 0 bridgehead atoms. The number of amides is 2. The summed E-state index contributed by atoms with van der Waals surface area (Å²) in [6.45, 7) is 5.31. The first-order valence-electron chi connectivity index (χ1n) is 9.38. The maximum absolute atomic E-state index is 12.8. The number of imidazole rings is 1. The molecule has 27 heavy (non-hydrogen) atoms. The Morgan fingerprint density at radius 2 is 2.11 bits per heavy atom. The minimum Gasteiger partial charge on any atom is -0.353 e. The van der Waals surface area contributed by atoms with Gasteiger partial charge < -0.3 is 14.8 Å². The summed E-state index contributed by atoms with van der Waals surface area (Å²) in [6.07, 6.45) is 3.82. The Bertz CT molecular complexity index is 774. The highest BCUT2D eigenvalue weighted by molar-refractivity contribution is 5.88. The predicted molar refractivity (Wildman–Crippen MR) is 103 cm³/mol. The van der Waals surface area contributed by atoms with Crippen LogP contribution in [0.3, 0.4) is 0 Å². The minimum atomic E-state index is -0.445. The van der Waals surface area contributed by atoms with E-state index in [0.717, 1.165) is 24.5 Å². The zero-order valence-corrected chi connectivity index (χ0v) is 16.0. The Morgan fingerprint density at radius 1 is 1.33 bits per heavy atom. The molecule has 3 rings (SSSR count). The van der Waals surface area contributed by atoms with Crippen LogP contribution in [0.4, 0.5) is 0 Å². The molecule has 1 aliphatic heterocycles. The van der Waals surface area contributed by atoms with Crippen molar-refractivity contribution >= 4 is 11.8 Å². The number of carbonyl (C=O) groups is 2. The van der Waals surface area contributed by atoms with Crippen LogP contribution in [0.2, 0.25) is 0 Å². The van der Waals surface area contributed by atoms with Crippen LogP contribution in [0.5, 0.6) is 0 Å². The number of aromatic nitrogens is 2. The van der Waals surface area contributed by atoms with Crippen molar-refractivity contribution in [2.24, 2.45) is 0 Å². The van der Waals surface area contributed by atoms with Crippen molar-refractivity contribution in [3.63, 3.8) is 0 Å². The van der Waals surface area contributed by atoms with E-state index in [1.165, 1.54) is 0 Å². The number of hydrogen-bond donors (Lipinski definition) is 1. The number of nitrogens with one attached hydrogen (secondary N) is 1. The van der Waals surface area contributed by atoms with E-state index in [1.807, 2.05) is 48.0 Å². The lowest BCUT2D eigenvalue weighted by atomic mass is 10.1. The molecule has 1 atom stereocenters. The molecule has 1 unspecified atom stereocenters. The SMILES string of the molecule is CCn1ccnc1CN(C)C(=O)CC1C(=O)NCCN1Cc1ccccc1. The van der Waals surface area contributed by atoms with Gasteiger partial charge in [-0.2, -0.15) is 0 Å². The molecule has 1 fully saturated rings. The molecule has 0 radical (unpaired) electrons. The van der Waals surface area contributed by atoms with Crippen LogP contribution in [-0.2, 0) is 29.2 Å². The Balaban J connectivity index is 1.65. The van der Waals surface area contributed by atoms with Gasteiger partial charge in [0, 0.05) is 45.6 Å². The first-order valence-corrected chi connectivity index (χ1v) is 9.38.